The molecule has 17 nitrogen and oxygen atoms in total. The lowest BCUT2D eigenvalue weighted by Gasteiger charge is -2.21. The highest BCUT2D eigenvalue weighted by Crippen LogP contribution is 2.45. The molecule has 0 aromatic heterocycles. The SMILES string of the molecule is CCCCCCCC(=O)OC[C@H](COP(=O)(O)OC[C@H](O)COP(=O)(O)OC[C@@H](COC(=O)CCCCCCCCCCCCCCCCCCCCC(C)C)OC(=O)CCCCCCCCCCCCCCCCCCCCC(C)C)OC(=O)CCCCCCCCCCCCCCCCC(C)C. The fourth-order valence-electron chi connectivity index (χ4n) is 13.2. The number of carbonyl (C=O) groups excluding carboxylic acids is 4. The molecular formula is C85H166O17P2. The topological polar surface area (TPSA) is 237 Å². The summed E-state index contributed by atoms with van der Waals surface area (Å²) in [5.74, 6) is 0.321. The van der Waals surface area contributed by atoms with E-state index in [1.54, 1.807) is 0 Å². The Morgan fingerprint density at radius 1 is 0.260 bits per heavy atom. The van der Waals surface area contributed by atoms with Gasteiger partial charge in [0.05, 0.1) is 26.4 Å². The predicted molar refractivity (Wildman–Crippen MR) is 428 cm³/mol. The maximum atomic E-state index is 13.1. The van der Waals surface area contributed by atoms with Crippen molar-refractivity contribution in [2.24, 2.45) is 17.8 Å². The van der Waals surface area contributed by atoms with Gasteiger partial charge in [0.1, 0.15) is 19.3 Å². The molecule has 0 aliphatic rings. The number of ether oxygens (including phenoxy) is 4. The number of esters is 4. The smallest absolute Gasteiger partial charge is 0.462 e. The summed E-state index contributed by atoms with van der Waals surface area (Å²) in [5.41, 5.74) is 0. The molecule has 0 aliphatic heterocycles. The third kappa shape index (κ3) is 78.2. The largest absolute Gasteiger partial charge is 0.472 e. The van der Waals surface area contributed by atoms with Gasteiger partial charge in [-0.25, -0.2) is 9.13 Å². The van der Waals surface area contributed by atoms with Crippen LogP contribution >= 0.6 is 15.6 Å². The Hall–Kier alpha value is -1.94. The number of phosphoric acid groups is 2. The molecule has 0 aromatic carbocycles. The number of carbonyl (C=O) groups is 4. The molecule has 618 valence electrons. The molecule has 0 saturated carbocycles. The Kier molecular flexibility index (Phi) is 73.7. The molecule has 0 amide bonds. The van der Waals surface area contributed by atoms with Crippen LogP contribution in [0.5, 0.6) is 0 Å². The van der Waals surface area contributed by atoms with Crippen LogP contribution in [0.2, 0.25) is 0 Å². The first-order valence-electron chi connectivity index (χ1n) is 43.8. The van der Waals surface area contributed by atoms with Crippen LogP contribution in [0.15, 0.2) is 0 Å². The summed E-state index contributed by atoms with van der Waals surface area (Å²) in [6.45, 7) is 12.0. The highest BCUT2D eigenvalue weighted by molar-refractivity contribution is 7.47. The first kappa shape index (κ1) is 102. The van der Waals surface area contributed by atoms with Crippen molar-refractivity contribution in [3.05, 3.63) is 0 Å². The van der Waals surface area contributed by atoms with Crippen molar-refractivity contribution in [1.82, 2.24) is 0 Å². The maximum Gasteiger partial charge on any atom is 0.472 e. The van der Waals surface area contributed by atoms with E-state index in [1.165, 1.54) is 250 Å². The lowest BCUT2D eigenvalue weighted by atomic mass is 10.0. The zero-order valence-electron chi connectivity index (χ0n) is 68.5. The number of rotatable bonds is 83. The monoisotopic (exact) mass is 1520 g/mol. The molecule has 0 bridgehead atoms. The molecule has 0 rings (SSSR count). The molecule has 104 heavy (non-hydrogen) atoms. The van der Waals surface area contributed by atoms with Crippen LogP contribution in [0, 0.1) is 17.8 Å². The third-order valence-electron chi connectivity index (χ3n) is 19.9. The van der Waals surface area contributed by atoms with Gasteiger partial charge in [0.25, 0.3) is 0 Å². The zero-order chi connectivity index (χ0) is 76.5. The van der Waals surface area contributed by atoms with E-state index < -0.39 is 97.5 Å². The van der Waals surface area contributed by atoms with E-state index in [1.807, 2.05) is 0 Å². The summed E-state index contributed by atoms with van der Waals surface area (Å²) in [7, 11) is -9.92. The molecule has 0 radical (unpaired) electrons. The van der Waals surface area contributed by atoms with Crippen molar-refractivity contribution in [3.8, 4) is 0 Å². The van der Waals surface area contributed by atoms with Crippen molar-refractivity contribution in [1.29, 1.82) is 0 Å². The summed E-state index contributed by atoms with van der Waals surface area (Å²) >= 11 is 0. The molecular weight excluding hydrogens is 1350 g/mol. The van der Waals surface area contributed by atoms with E-state index >= 15 is 0 Å². The van der Waals surface area contributed by atoms with Crippen LogP contribution in [-0.2, 0) is 65.4 Å². The Morgan fingerprint density at radius 3 is 0.654 bits per heavy atom. The van der Waals surface area contributed by atoms with Crippen molar-refractivity contribution in [3.63, 3.8) is 0 Å². The minimum atomic E-state index is -4.96. The molecule has 5 atom stereocenters. The Bertz CT molecular complexity index is 2010. The van der Waals surface area contributed by atoms with Gasteiger partial charge in [-0.3, -0.25) is 37.3 Å². The lowest BCUT2D eigenvalue weighted by Crippen LogP contribution is -2.30. The van der Waals surface area contributed by atoms with Crippen LogP contribution in [0.3, 0.4) is 0 Å². The van der Waals surface area contributed by atoms with Crippen LogP contribution in [0.4, 0.5) is 0 Å². The van der Waals surface area contributed by atoms with Gasteiger partial charge in [-0.15, -0.1) is 0 Å². The minimum Gasteiger partial charge on any atom is -0.462 e. The fraction of sp³-hybridized carbons (Fsp3) is 0.953. The summed E-state index contributed by atoms with van der Waals surface area (Å²) < 4.78 is 68.6. The summed E-state index contributed by atoms with van der Waals surface area (Å²) in [5, 5.41) is 10.6. The molecule has 3 N–H and O–H groups in total. The van der Waals surface area contributed by atoms with Crippen LogP contribution in [0.1, 0.15) is 447 Å². The van der Waals surface area contributed by atoms with E-state index in [2.05, 4.69) is 48.5 Å². The van der Waals surface area contributed by atoms with Gasteiger partial charge in [-0.05, 0) is 43.4 Å². The molecule has 0 spiro atoms. The number of phosphoric ester groups is 2. The van der Waals surface area contributed by atoms with Crippen molar-refractivity contribution < 1.29 is 80.2 Å². The van der Waals surface area contributed by atoms with Crippen LogP contribution < -0.4 is 0 Å². The van der Waals surface area contributed by atoms with E-state index in [4.69, 9.17) is 37.0 Å². The first-order valence-corrected chi connectivity index (χ1v) is 46.8. The summed E-state index contributed by atoms with van der Waals surface area (Å²) in [6.07, 6.45) is 65.8. The van der Waals surface area contributed by atoms with Gasteiger partial charge in [-0.2, -0.15) is 0 Å². The second-order valence-electron chi connectivity index (χ2n) is 32.0. The normalized spacial score (nSPS) is 13.9. The van der Waals surface area contributed by atoms with E-state index in [0.29, 0.717) is 25.7 Å². The van der Waals surface area contributed by atoms with E-state index in [0.717, 1.165) is 114 Å². The second-order valence-corrected chi connectivity index (χ2v) is 34.9. The second kappa shape index (κ2) is 75.1. The highest BCUT2D eigenvalue weighted by Gasteiger charge is 2.30. The Morgan fingerprint density at radius 2 is 0.442 bits per heavy atom. The molecule has 0 heterocycles. The van der Waals surface area contributed by atoms with Gasteiger partial charge >= 0.3 is 39.5 Å². The number of hydrogen-bond acceptors (Lipinski definition) is 15. The number of aliphatic hydroxyl groups excluding tert-OH is 1. The third-order valence-corrected chi connectivity index (χ3v) is 21.8. The van der Waals surface area contributed by atoms with Gasteiger partial charge in [0, 0.05) is 25.7 Å². The van der Waals surface area contributed by atoms with Gasteiger partial charge in [-0.1, -0.05) is 395 Å². The van der Waals surface area contributed by atoms with E-state index in [9.17, 15) is 43.2 Å². The van der Waals surface area contributed by atoms with Gasteiger partial charge in [0.2, 0.25) is 0 Å². The molecule has 0 aliphatic carbocycles. The van der Waals surface area contributed by atoms with Crippen LogP contribution in [-0.4, -0.2) is 96.7 Å². The fourth-order valence-corrected chi connectivity index (χ4v) is 14.8. The molecule has 0 fully saturated rings. The summed E-state index contributed by atoms with van der Waals surface area (Å²) in [4.78, 5) is 72.9. The maximum absolute atomic E-state index is 13.1. The minimum absolute atomic E-state index is 0.107. The molecule has 0 saturated heterocycles. The Labute approximate surface area is 638 Å². The number of unbranched alkanes of at least 4 members (excludes halogenated alkanes) is 51. The average Bonchev–Trinajstić information content (AvgIpc) is 0.956. The van der Waals surface area contributed by atoms with Crippen molar-refractivity contribution >= 4 is 39.5 Å². The first-order chi connectivity index (χ1) is 50.2. The van der Waals surface area contributed by atoms with Crippen molar-refractivity contribution in [2.75, 3.05) is 39.6 Å². The molecule has 0 aromatic rings. The molecule has 2 unspecified atom stereocenters. The van der Waals surface area contributed by atoms with Crippen molar-refractivity contribution in [2.45, 2.75) is 465 Å². The van der Waals surface area contributed by atoms with E-state index in [-0.39, 0.29) is 25.7 Å². The average molecular weight is 1520 g/mol. The van der Waals surface area contributed by atoms with Gasteiger partial charge in [0.15, 0.2) is 12.2 Å². The van der Waals surface area contributed by atoms with Gasteiger partial charge < -0.3 is 33.8 Å². The number of aliphatic hydroxyl groups is 1. The lowest BCUT2D eigenvalue weighted by molar-refractivity contribution is -0.161. The number of hydrogen-bond donors (Lipinski definition) is 3. The predicted octanol–water partition coefficient (Wildman–Crippen LogP) is 25.7. The highest BCUT2D eigenvalue weighted by atomic mass is 31.2. The Balaban J connectivity index is 5.10. The molecule has 19 heteroatoms. The zero-order valence-corrected chi connectivity index (χ0v) is 70.3. The summed E-state index contributed by atoms with van der Waals surface area (Å²) in [6, 6.07) is 0. The van der Waals surface area contributed by atoms with Crippen LogP contribution in [0.25, 0.3) is 0 Å². The quantitative estimate of drug-likeness (QED) is 0.0222. The standard InChI is InChI=1S/C85H166O17P2/c1-8-9-10-49-59-66-82(87)95-72-80(101-84(89)68-61-55-48-42-36-30-24-23-27-33-39-45-52-58-65-78(6)7)74-99-103(91,92)97-70-79(86)71-98-104(93,94)100-75-81(102-85(90)69-62-54-47-41-35-29-22-18-14-12-16-20-26-32-38-44-51-57-64-77(4)5)73-96-83(88)67-60-53-46-40-34-28-21-17-13-11-15-19-25-31-37-43-50-56-63-76(2)3/h76-81,86H,8-75H2,1-7H3,(H,91,92)(H,93,94)/t79-,80+,81+/m0/s1.